The number of alkyl halides is 1. The largest absolute Gasteiger partial charge is 0.465 e. The molecule has 1 aromatic rings. The van der Waals surface area contributed by atoms with E-state index in [0.717, 1.165) is 0 Å². The van der Waals surface area contributed by atoms with Crippen molar-refractivity contribution in [3.63, 3.8) is 0 Å². The fourth-order valence-electron chi connectivity index (χ4n) is 1.48. The minimum atomic E-state index is -0.976. The van der Waals surface area contributed by atoms with Gasteiger partial charge in [0, 0.05) is 12.6 Å². The Morgan fingerprint density at radius 3 is 2.87 bits per heavy atom. The van der Waals surface area contributed by atoms with E-state index in [1.807, 2.05) is 0 Å². The van der Waals surface area contributed by atoms with Crippen molar-refractivity contribution in [1.29, 1.82) is 0 Å². The third-order valence-corrected chi connectivity index (χ3v) is 2.42. The van der Waals surface area contributed by atoms with E-state index in [1.165, 1.54) is 23.9 Å². The molecule has 0 unspecified atom stereocenters. The number of esters is 1. The molecule has 2 atom stereocenters. The highest BCUT2D eigenvalue weighted by Gasteiger charge is 2.40. The van der Waals surface area contributed by atoms with Gasteiger partial charge in [-0.05, 0) is 12.1 Å². The maximum absolute atomic E-state index is 12.8. The summed E-state index contributed by atoms with van der Waals surface area (Å²) in [5.41, 5.74) is -0.548. The lowest BCUT2D eigenvalue weighted by Crippen LogP contribution is -2.26. The minimum Gasteiger partial charge on any atom is -0.465 e. The van der Waals surface area contributed by atoms with Crippen LogP contribution in [0, 0.1) is 0 Å². The molecule has 0 spiro atoms. The number of hydrogen-bond donors (Lipinski definition) is 0. The van der Waals surface area contributed by atoms with Gasteiger partial charge >= 0.3 is 5.97 Å². The van der Waals surface area contributed by atoms with Crippen LogP contribution in [-0.4, -0.2) is 23.8 Å². The van der Waals surface area contributed by atoms with Gasteiger partial charge < -0.3 is 9.30 Å². The normalized spacial score (nSPS) is 23.6. The zero-order valence-corrected chi connectivity index (χ0v) is 8.14. The van der Waals surface area contributed by atoms with E-state index in [2.05, 4.69) is 4.74 Å². The van der Waals surface area contributed by atoms with Gasteiger partial charge in [-0.15, -0.1) is 0 Å². The smallest absolute Gasteiger partial charge is 0.343 e. The molecule has 15 heavy (non-hydrogen) atoms. The average Bonchev–Trinajstić information content (AvgIpc) is 2.94. The third kappa shape index (κ3) is 1.65. The number of aromatic nitrogens is 1. The summed E-state index contributed by atoms with van der Waals surface area (Å²) in [5.74, 6) is -0.689. The molecular formula is C10H10FNO3. The molecule has 1 aliphatic carbocycles. The summed E-state index contributed by atoms with van der Waals surface area (Å²) in [6.45, 7) is 0. The zero-order valence-electron chi connectivity index (χ0n) is 8.14. The number of pyridine rings is 1. The van der Waals surface area contributed by atoms with Gasteiger partial charge in [0.2, 0.25) is 0 Å². The highest BCUT2D eigenvalue weighted by molar-refractivity contribution is 5.88. The van der Waals surface area contributed by atoms with E-state index in [9.17, 15) is 14.0 Å². The summed E-state index contributed by atoms with van der Waals surface area (Å²) in [7, 11) is 1.20. The molecule has 5 heteroatoms. The fraction of sp³-hybridized carbons (Fsp3) is 0.400. The predicted octanol–water partition coefficient (Wildman–Crippen LogP) is 0.918. The second kappa shape index (κ2) is 3.49. The highest BCUT2D eigenvalue weighted by Crippen LogP contribution is 2.37. The lowest BCUT2D eigenvalue weighted by molar-refractivity contribution is 0.0598. The van der Waals surface area contributed by atoms with Crippen LogP contribution >= 0.6 is 0 Å². The van der Waals surface area contributed by atoms with Crippen molar-refractivity contribution in [2.75, 3.05) is 7.11 Å². The summed E-state index contributed by atoms with van der Waals surface area (Å²) in [4.78, 5) is 22.9. The molecule has 0 bridgehead atoms. The topological polar surface area (TPSA) is 48.3 Å². The van der Waals surface area contributed by atoms with Crippen molar-refractivity contribution in [1.82, 2.24) is 4.57 Å². The van der Waals surface area contributed by atoms with Crippen molar-refractivity contribution in [3.05, 3.63) is 34.2 Å². The Kier molecular flexibility index (Phi) is 2.30. The number of halogens is 1. The number of carbonyl (C=O) groups is 1. The van der Waals surface area contributed by atoms with Crippen LogP contribution in [0.4, 0.5) is 4.39 Å². The molecular weight excluding hydrogens is 201 g/mol. The average molecular weight is 211 g/mol. The van der Waals surface area contributed by atoms with Gasteiger partial charge in [-0.3, -0.25) is 4.79 Å². The van der Waals surface area contributed by atoms with Crippen molar-refractivity contribution in [2.45, 2.75) is 18.6 Å². The molecule has 2 rings (SSSR count). The molecule has 0 radical (unpaired) electrons. The molecule has 0 aliphatic heterocycles. The third-order valence-electron chi connectivity index (χ3n) is 2.42. The predicted molar refractivity (Wildman–Crippen MR) is 50.6 cm³/mol. The quantitative estimate of drug-likeness (QED) is 0.683. The Hall–Kier alpha value is -1.65. The van der Waals surface area contributed by atoms with Crippen molar-refractivity contribution in [3.8, 4) is 0 Å². The van der Waals surface area contributed by atoms with E-state index in [-0.39, 0.29) is 5.56 Å². The second-order valence-electron chi connectivity index (χ2n) is 3.44. The maximum atomic E-state index is 12.8. The summed E-state index contributed by atoms with van der Waals surface area (Å²) >= 11 is 0. The molecule has 1 saturated carbocycles. The maximum Gasteiger partial charge on any atom is 0.343 e. The van der Waals surface area contributed by atoms with Crippen LogP contribution in [0.1, 0.15) is 22.8 Å². The molecule has 1 aliphatic rings. The summed E-state index contributed by atoms with van der Waals surface area (Å²) in [5, 5.41) is 0. The van der Waals surface area contributed by atoms with Gasteiger partial charge in [0.25, 0.3) is 5.56 Å². The number of hydrogen-bond acceptors (Lipinski definition) is 3. The number of ether oxygens (including phenoxy) is 1. The first-order valence-corrected chi connectivity index (χ1v) is 4.58. The molecule has 4 nitrogen and oxygen atoms in total. The Balaban J connectivity index is 2.42. The Morgan fingerprint density at radius 2 is 2.33 bits per heavy atom. The van der Waals surface area contributed by atoms with Crippen molar-refractivity contribution >= 4 is 5.97 Å². The summed E-state index contributed by atoms with van der Waals surface area (Å²) in [6, 6.07) is 2.50. The molecule has 1 fully saturated rings. The van der Waals surface area contributed by atoms with Crippen LogP contribution < -0.4 is 5.56 Å². The van der Waals surface area contributed by atoms with Crippen molar-refractivity contribution in [2.24, 2.45) is 0 Å². The molecule has 0 aromatic carbocycles. The van der Waals surface area contributed by atoms with Gasteiger partial charge in [0.15, 0.2) is 0 Å². The number of rotatable bonds is 2. The van der Waals surface area contributed by atoms with Gasteiger partial charge in [-0.1, -0.05) is 0 Å². The second-order valence-corrected chi connectivity index (χ2v) is 3.44. The first-order chi connectivity index (χ1) is 7.15. The SMILES string of the molecule is COC(=O)c1cccn([C@H]2C[C@@H]2F)c1=O. The van der Waals surface area contributed by atoms with E-state index < -0.39 is 23.7 Å². The zero-order chi connectivity index (χ0) is 11.0. The lowest BCUT2D eigenvalue weighted by Gasteiger charge is -2.04. The number of nitrogens with zero attached hydrogens (tertiary/aromatic N) is 1. The number of carbonyl (C=O) groups excluding carboxylic acids is 1. The standard InChI is InChI=1S/C10H10FNO3/c1-15-10(14)6-3-2-4-12(9(6)13)8-5-7(8)11/h2-4,7-8H,5H2,1H3/t7-,8-/m0/s1. The van der Waals surface area contributed by atoms with Crippen LogP contribution in [0.15, 0.2) is 23.1 Å². The van der Waals surface area contributed by atoms with Crippen LogP contribution in [0.25, 0.3) is 0 Å². The van der Waals surface area contributed by atoms with Gasteiger partial charge in [-0.25, -0.2) is 9.18 Å². The Labute approximate surface area is 85.3 Å². The fourth-order valence-corrected chi connectivity index (χ4v) is 1.48. The van der Waals surface area contributed by atoms with E-state index in [4.69, 9.17) is 0 Å². The molecule has 80 valence electrons. The molecule has 1 aromatic heterocycles. The Morgan fingerprint density at radius 1 is 1.67 bits per heavy atom. The molecule has 1 heterocycles. The number of methoxy groups -OCH3 is 1. The highest BCUT2D eigenvalue weighted by atomic mass is 19.1. The van der Waals surface area contributed by atoms with Crippen molar-refractivity contribution < 1.29 is 13.9 Å². The first-order valence-electron chi connectivity index (χ1n) is 4.58. The van der Waals surface area contributed by atoms with Crippen LogP contribution in [0.2, 0.25) is 0 Å². The monoisotopic (exact) mass is 211 g/mol. The lowest BCUT2D eigenvalue weighted by atomic mass is 10.3. The van der Waals surface area contributed by atoms with Crippen LogP contribution in [0.3, 0.4) is 0 Å². The van der Waals surface area contributed by atoms with Gasteiger partial charge in [0.05, 0.1) is 13.2 Å². The summed E-state index contributed by atoms with van der Waals surface area (Å²) < 4.78 is 18.5. The van der Waals surface area contributed by atoms with Crippen LogP contribution in [-0.2, 0) is 4.74 Å². The molecule has 0 amide bonds. The van der Waals surface area contributed by atoms with E-state index in [1.54, 1.807) is 6.07 Å². The summed E-state index contributed by atoms with van der Waals surface area (Å²) in [6.07, 6.45) is 0.847. The van der Waals surface area contributed by atoms with E-state index in [0.29, 0.717) is 6.42 Å². The first kappa shape index (κ1) is 9.89. The molecule has 0 saturated heterocycles. The molecule has 0 N–H and O–H groups in total. The van der Waals surface area contributed by atoms with E-state index >= 15 is 0 Å². The Bertz CT molecular complexity index is 454. The minimum absolute atomic E-state index is 0.0564. The van der Waals surface area contributed by atoms with Gasteiger partial charge in [-0.2, -0.15) is 0 Å². The van der Waals surface area contributed by atoms with Gasteiger partial charge in [0.1, 0.15) is 11.7 Å². The van der Waals surface area contributed by atoms with Crippen LogP contribution in [0.5, 0.6) is 0 Å².